The van der Waals surface area contributed by atoms with E-state index in [0.717, 1.165) is 19.3 Å². The molecule has 0 spiro atoms. The third-order valence-corrected chi connectivity index (χ3v) is 4.13. The summed E-state index contributed by atoms with van der Waals surface area (Å²) < 4.78 is 0. The molecule has 0 saturated heterocycles. The van der Waals surface area contributed by atoms with Crippen molar-refractivity contribution >= 4 is 11.9 Å². The Morgan fingerprint density at radius 2 is 1.64 bits per heavy atom. The minimum absolute atomic E-state index is 0.0210. The van der Waals surface area contributed by atoms with Gasteiger partial charge >= 0.3 is 5.97 Å². The summed E-state index contributed by atoms with van der Waals surface area (Å²) in [4.78, 5) is 23.1. The zero-order chi connectivity index (χ0) is 17.0. The second-order valence-electron chi connectivity index (χ2n) is 6.45. The number of carboxylic acids is 1. The maximum Gasteiger partial charge on any atom is 0.306 e. The van der Waals surface area contributed by atoms with E-state index in [0.29, 0.717) is 31.2 Å². The number of hydrogen-bond acceptors (Lipinski definition) is 2. The van der Waals surface area contributed by atoms with Crippen LogP contribution in [0.4, 0.5) is 0 Å². The van der Waals surface area contributed by atoms with Crippen LogP contribution in [0.5, 0.6) is 0 Å². The maximum absolute atomic E-state index is 11.9. The van der Waals surface area contributed by atoms with Crippen LogP contribution in [-0.4, -0.2) is 23.0 Å². The van der Waals surface area contributed by atoms with Crippen LogP contribution in [0.3, 0.4) is 0 Å². The van der Waals surface area contributed by atoms with E-state index in [1.165, 1.54) is 19.3 Å². The molecule has 0 aliphatic heterocycles. The smallest absolute Gasteiger partial charge is 0.306 e. The largest absolute Gasteiger partial charge is 0.481 e. The Bertz CT molecular complexity index is 309. The molecule has 1 saturated carbocycles. The number of amides is 1. The van der Waals surface area contributed by atoms with Crippen LogP contribution >= 0.6 is 0 Å². The topological polar surface area (TPSA) is 66.4 Å². The SMILES string of the molecule is CC.CC(C)CCC(CCC(=O)NC1CCCCC1)C(=O)O. The molecule has 1 fully saturated rings. The Morgan fingerprint density at radius 1 is 1.05 bits per heavy atom. The van der Waals surface area contributed by atoms with Crippen molar-refractivity contribution in [2.75, 3.05) is 0 Å². The molecular formula is C18H35NO3. The normalized spacial score (nSPS) is 16.6. The average molecular weight is 313 g/mol. The molecule has 0 radical (unpaired) electrons. The summed E-state index contributed by atoms with van der Waals surface area (Å²) in [7, 11) is 0. The molecule has 1 rings (SSSR count). The van der Waals surface area contributed by atoms with Crippen LogP contribution in [0.2, 0.25) is 0 Å². The second-order valence-corrected chi connectivity index (χ2v) is 6.45. The van der Waals surface area contributed by atoms with Gasteiger partial charge in [-0.2, -0.15) is 0 Å². The van der Waals surface area contributed by atoms with Crippen LogP contribution in [0.25, 0.3) is 0 Å². The van der Waals surface area contributed by atoms with Crippen LogP contribution < -0.4 is 5.32 Å². The fraction of sp³-hybridized carbons (Fsp3) is 0.889. The predicted molar refractivity (Wildman–Crippen MR) is 90.8 cm³/mol. The van der Waals surface area contributed by atoms with Crippen molar-refractivity contribution in [2.45, 2.75) is 91.5 Å². The molecule has 22 heavy (non-hydrogen) atoms. The summed E-state index contributed by atoms with van der Waals surface area (Å²) in [5.41, 5.74) is 0. The molecule has 0 aromatic carbocycles. The van der Waals surface area contributed by atoms with Crippen LogP contribution in [0, 0.1) is 11.8 Å². The lowest BCUT2D eigenvalue weighted by Gasteiger charge is -2.23. The molecule has 1 unspecified atom stereocenters. The van der Waals surface area contributed by atoms with E-state index in [2.05, 4.69) is 19.2 Å². The lowest BCUT2D eigenvalue weighted by molar-refractivity contribution is -0.142. The number of rotatable bonds is 8. The van der Waals surface area contributed by atoms with Crippen LogP contribution in [0.1, 0.15) is 85.5 Å². The Morgan fingerprint density at radius 3 is 2.14 bits per heavy atom. The Balaban J connectivity index is 0.00000211. The molecule has 130 valence electrons. The summed E-state index contributed by atoms with van der Waals surface area (Å²) in [5, 5.41) is 12.2. The zero-order valence-corrected chi connectivity index (χ0v) is 14.9. The minimum Gasteiger partial charge on any atom is -0.481 e. The van der Waals surface area contributed by atoms with Gasteiger partial charge in [0, 0.05) is 12.5 Å². The van der Waals surface area contributed by atoms with Crippen molar-refractivity contribution in [3.05, 3.63) is 0 Å². The van der Waals surface area contributed by atoms with Gasteiger partial charge in [0.25, 0.3) is 0 Å². The van der Waals surface area contributed by atoms with Crippen molar-refractivity contribution in [1.29, 1.82) is 0 Å². The van der Waals surface area contributed by atoms with Crippen molar-refractivity contribution in [3.8, 4) is 0 Å². The molecule has 0 aromatic heterocycles. The number of hydrogen-bond donors (Lipinski definition) is 2. The highest BCUT2D eigenvalue weighted by atomic mass is 16.4. The first-order valence-corrected chi connectivity index (χ1v) is 9.01. The van der Waals surface area contributed by atoms with Gasteiger partial charge in [0.1, 0.15) is 0 Å². The molecular weight excluding hydrogens is 278 g/mol. The summed E-state index contributed by atoms with van der Waals surface area (Å²) >= 11 is 0. The molecule has 1 atom stereocenters. The summed E-state index contributed by atoms with van der Waals surface area (Å²) in [6.07, 6.45) is 8.16. The van der Waals surface area contributed by atoms with E-state index in [-0.39, 0.29) is 11.8 Å². The molecule has 1 amide bonds. The average Bonchev–Trinajstić information content (AvgIpc) is 2.49. The van der Waals surface area contributed by atoms with E-state index in [1.807, 2.05) is 13.8 Å². The molecule has 0 bridgehead atoms. The zero-order valence-electron chi connectivity index (χ0n) is 14.9. The van der Waals surface area contributed by atoms with E-state index < -0.39 is 5.97 Å². The molecule has 1 aliphatic carbocycles. The second kappa shape index (κ2) is 12.5. The number of carboxylic acid groups (broad SMARTS) is 1. The van der Waals surface area contributed by atoms with Gasteiger partial charge in [-0.05, 0) is 31.6 Å². The molecule has 1 aliphatic rings. The maximum atomic E-state index is 11.9. The Labute approximate surface area is 136 Å². The molecule has 4 nitrogen and oxygen atoms in total. The van der Waals surface area contributed by atoms with Gasteiger partial charge in [-0.15, -0.1) is 0 Å². The fourth-order valence-corrected chi connectivity index (χ4v) is 2.78. The van der Waals surface area contributed by atoms with Crippen molar-refractivity contribution in [1.82, 2.24) is 5.32 Å². The third-order valence-electron chi connectivity index (χ3n) is 4.13. The first kappa shape index (κ1) is 20.9. The number of carbonyl (C=O) groups excluding carboxylic acids is 1. The first-order valence-electron chi connectivity index (χ1n) is 9.01. The van der Waals surface area contributed by atoms with E-state index in [4.69, 9.17) is 0 Å². The molecule has 4 heteroatoms. The summed E-state index contributed by atoms with van der Waals surface area (Å²) in [5.74, 6) is -0.619. The highest BCUT2D eigenvalue weighted by Gasteiger charge is 2.20. The van der Waals surface area contributed by atoms with E-state index in [9.17, 15) is 14.7 Å². The predicted octanol–water partition coefficient (Wildman–Crippen LogP) is 4.38. The number of aliphatic carboxylic acids is 1. The van der Waals surface area contributed by atoms with Gasteiger partial charge in [0.2, 0.25) is 5.91 Å². The first-order chi connectivity index (χ1) is 10.5. The molecule has 0 aromatic rings. The fourth-order valence-electron chi connectivity index (χ4n) is 2.78. The minimum atomic E-state index is -0.767. The lowest BCUT2D eigenvalue weighted by Crippen LogP contribution is -2.36. The monoisotopic (exact) mass is 313 g/mol. The van der Waals surface area contributed by atoms with Crippen molar-refractivity contribution < 1.29 is 14.7 Å². The Hall–Kier alpha value is -1.06. The number of carbonyl (C=O) groups is 2. The number of nitrogens with one attached hydrogen (secondary N) is 1. The van der Waals surface area contributed by atoms with Crippen LogP contribution in [0.15, 0.2) is 0 Å². The molecule has 2 N–H and O–H groups in total. The quantitative estimate of drug-likeness (QED) is 0.699. The summed E-state index contributed by atoms with van der Waals surface area (Å²) in [6.45, 7) is 8.18. The lowest BCUT2D eigenvalue weighted by atomic mass is 9.93. The highest BCUT2D eigenvalue weighted by Crippen LogP contribution is 2.19. The van der Waals surface area contributed by atoms with Crippen molar-refractivity contribution in [3.63, 3.8) is 0 Å². The van der Waals surface area contributed by atoms with Gasteiger partial charge in [0.15, 0.2) is 0 Å². The Kier molecular flexibility index (Phi) is 11.9. The molecule has 0 heterocycles. The van der Waals surface area contributed by atoms with Gasteiger partial charge in [0.05, 0.1) is 5.92 Å². The van der Waals surface area contributed by atoms with Gasteiger partial charge in [-0.1, -0.05) is 53.4 Å². The van der Waals surface area contributed by atoms with Gasteiger partial charge < -0.3 is 10.4 Å². The van der Waals surface area contributed by atoms with Gasteiger partial charge in [-0.3, -0.25) is 9.59 Å². The summed E-state index contributed by atoms with van der Waals surface area (Å²) in [6, 6.07) is 0.315. The van der Waals surface area contributed by atoms with Gasteiger partial charge in [-0.25, -0.2) is 0 Å². The van der Waals surface area contributed by atoms with Crippen LogP contribution in [-0.2, 0) is 9.59 Å². The van der Waals surface area contributed by atoms with E-state index >= 15 is 0 Å². The highest BCUT2D eigenvalue weighted by molar-refractivity contribution is 5.77. The standard InChI is InChI=1S/C16H29NO3.C2H6/c1-12(2)8-9-13(16(19)20)10-11-15(18)17-14-6-4-3-5-7-14;1-2/h12-14H,3-11H2,1-2H3,(H,17,18)(H,19,20);1-2H3. The van der Waals surface area contributed by atoms with Crippen molar-refractivity contribution in [2.24, 2.45) is 11.8 Å². The van der Waals surface area contributed by atoms with E-state index in [1.54, 1.807) is 0 Å². The third kappa shape index (κ3) is 9.80.